The van der Waals surface area contributed by atoms with Crippen LogP contribution >= 0.6 is 11.5 Å². The fourth-order valence-corrected chi connectivity index (χ4v) is 3.06. The van der Waals surface area contributed by atoms with E-state index >= 15 is 0 Å². The van der Waals surface area contributed by atoms with Gasteiger partial charge < -0.3 is 5.32 Å². The van der Waals surface area contributed by atoms with Gasteiger partial charge in [0.1, 0.15) is 11.6 Å². The van der Waals surface area contributed by atoms with Crippen LogP contribution in [0, 0.1) is 11.6 Å². The highest BCUT2D eigenvalue weighted by atomic mass is 32.1. The molecule has 0 aliphatic heterocycles. The highest BCUT2D eigenvalue weighted by Crippen LogP contribution is 2.34. The second kappa shape index (κ2) is 5.54. The highest BCUT2D eigenvalue weighted by Gasteiger charge is 2.28. The summed E-state index contributed by atoms with van der Waals surface area (Å²) in [5.74, 6) is -1.16. The predicted molar refractivity (Wildman–Crippen MR) is 75.9 cm³/mol. The number of nitrogens with one attached hydrogen (secondary N) is 1. The molecule has 20 heavy (non-hydrogen) atoms. The van der Waals surface area contributed by atoms with E-state index in [0.29, 0.717) is 5.56 Å². The molecule has 1 atom stereocenters. The third kappa shape index (κ3) is 2.86. The summed E-state index contributed by atoms with van der Waals surface area (Å²) in [6.45, 7) is 6.09. The van der Waals surface area contributed by atoms with Crippen LogP contribution in [0.1, 0.15) is 42.9 Å². The van der Waals surface area contributed by atoms with Gasteiger partial charge in [0, 0.05) is 17.0 Å². The predicted octanol–water partition coefficient (Wildman–Crippen LogP) is 3.42. The zero-order valence-corrected chi connectivity index (χ0v) is 12.7. The van der Waals surface area contributed by atoms with Crippen LogP contribution in [-0.2, 0) is 5.41 Å². The lowest BCUT2D eigenvalue weighted by Crippen LogP contribution is -2.23. The van der Waals surface area contributed by atoms with Gasteiger partial charge in [-0.15, -0.1) is 5.10 Å². The molecule has 0 spiro atoms. The minimum absolute atomic E-state index is 0.187. The number of aromatic nitrogens is 2. The van der Waals surface area contributed by atoms with Gasteiger partial charge in [-0.3, -0.25) is 0 Å². The van der Waals surface area contributed by atoms with E-state index in [9.17, 15) is 8.78 Å². The van der Waals surface area contributed by atoms with Crippen molar-refractivity contribution in [1.82, 2.24) is 14.9 Å². The van der Waals surface area contributed by atoms with Crippen molar-refractivity contribution in [3.8, 4) is 0 Å². The van der Waals surface area contributed by atoms with Crippen molar-refractivity contribution in [3.05, 3.63) is 46.0 Å². The number of halogens is 2. The van der Waals surface area contributed by atoms with Gasteiger partial charge >= 0.3 is 0 Å². The van der Waals surface area contributed by atoms with Crippen LogP contribution in [0.5, 0.6) is 0 Å². The first-order valence-corrected chi connectivity index (χ1v) is 7.07. The van der Waals surface area contributed by atoms with Crippen LogP contribution in [0.2, 0.25) is 0 Å². The standard InChI is InChI=1S/C14H17F2N3S/c1-14(2,3)13-12(20-19-18-13)11(17-4)9-6-5-8(15)7-10(9)16/h5-7,11,17H,1-4H3. The molecule has 1 N–H and O–H groups in total. The molecule has 1 unspecified atom stereocenters. The topological polar surface area (TPSA) is 37.8 Å². The zero-order valence-electron chi connectivity index (χ0n) is 11.9. The molecule has 1 aromatic heterocycles. The first-order valence-electron chi connectivity index (χ1n) is 6.29. The van der Waals surface area contributed by atoms with Gasteiger partial charge in [0.2, 0.25) is 0 Å². The molecule has 0 radical (unpaired) electrons. The molecule has 0 amide bonds. The number of nitrogens with zero attached hydrogens (tertiary/aromatic N) is 2. The van der Waals surface area contributed by atoms with E-state index in [0.717, 1.165) is 16.6 Å². The maximum absolute atomic E-state index is 14.0. The molecule has 2 aromatic rings. The Morgan fingerprint density at radius 1 is 1.25 bits per heavy atom. The van der Waals surface area contributed by atoms with Crippen LogP contribution in [0.15, 0.2) is 18.2 Å². The molecule has 1 aromatic carbocycles. The Bertz CT molecular complexity index is 605. The molecule has 0 aliphatic rings. The minimum atomic E-state index is -0.584. The fourth-order valence-electron chi connectivity index (χ4n) is 2.07. The first kappa shape index (κ1) is 15.0. The SMILES string of the molecule is CNC(c1ccc(F)cc1F)c1snnc1C(C)(C)C. The normalized spacial score (nSPS) is 13.5. The first-order chi connectivity index (χ1) is 9.34. The largest absolute Gasteiger partial charge is 0.308 e. The van der Waals surface area contributed by atoms with Crippen LogP contribution < -0.4 is 5.32 Å². The van der Waals surface area contributed by atoms with Crippen molar-refractivity contribution in [3.63, 3.8) is 0 Å². The molecule has 0 saturated carbocycles. The average molecular weight is 297 g/mol. The van der Waals surface area contributed by atoms with Crippen molar-refractivity contribution in [2.24, 2.45) is 0 Å². The van der Waals surface area contributed by atoms with Crippen LogP contribution in [0.25, 0.3) is 0 Å². The maximum Gasteiger partial charge on any atom is 0.131 e. The van der Waals surface area contributed by atoms with Crippen LogP contribution in [0.3, 0.4) is 0 Å². The summed E-state index contributed by atoms with van der Waals surface area (Å²) in [5.41, 5.74) is 1.03. The van der Waals surface area contributed by atoms with Crippen molar-refractivity contribution < 1.29 is 8.78 Å². The average Bonchev–Trinajstić information content (AvgIpc) is 2.81. The molecular weight excluding hydrogens is 280 g/mol. The fraction of sp³-hybridized carbons (Fsp3) is 0.429. The smallest absolute Gasteiger partial charge is 0.131 e. The van der Waals surface area contributed by atoms with Crippen molar-refractivity contribution in [2.75, 3.05) is 7.05 Å². The van der Waals surface area contributed by atoms with Crippen LogP contribution in [-0.4, -0.2) is 16.6 Å². The number of benzene rings is 1. The molecule has 1 heterocycles. The third-order valence-corrected chi connectivity index (χ3v) is 3.84. The van der Waals surface area contributed by atoms with Gasteiger partial charge in [-0.1, -0.05) is 31.3 Å². The lowest BCUT2D eigenvalue weighted by atomic mass is 9.89. The van der Waals surface area contributed by atoms with Gasteiger partial charge in [0.05, 0.1) is 16.6 Å². The zero-order chi connectivity index (χ0) is 14.9. The lowest BCUT2D eigenvalue weighted by Gasteiger charge is -2.22. The molecule has 6 heteroatoms. The van der Waals surface area contributed by atoms with E-state index in [-0.39, 0.29) is 11.5 Å². The van der Waals surface area contributed by atoms with Crippen molar-refractivity contribution >= 4 is 11.5 Å². The molecule has 0 bridgehead atoms. The second-order valence-corrected chi connectivity index (χ2v) is 6.41. The van der Waals surface area contributed by atoms with Gasteiger partial charge in [0.15, 0.2) is 0 Å². The summed E-state index contributed by atoms with van der Waals surface area (Å²) in [6, 6.07) is 3.22. The van der Waals surface area contributed by atoms with Gasteiger partial charge in [-0.2, -0.15) is 0 Å². The van der Waals surface area contributed by atoms with E-state index in [1.54, 1.807) is 7.05 Å². The number of hydrogen-bond acceptors (Lipinski definition) is 4. The highest BCUT2D eigenvalue weighted by molar-refractivity contribution is 7.05. The lowest BCUT2D eigenvalue weighted by molar-refractivity contribution is 0.532. The quantitative estimate of drug-likeness (QED) is 0.943. The van der Waals surface area contributed by atoms with Gasteiger partial charge in [0.25, 0.3) is 0 Å². The Kier molecular flexibility index (Phi) is 4.15. The summed E-state index contributed by atoms with van der Waals surface area (Å²) >= 11 is 1.23. The Morgan fingerprint density at radius 3 is 2.50 bits per heavy atom. The van der Waals surface area contributed by atoms with E-state index in [4.69, 9.17) is 0 Å². The maximum atomic E-state index is 14.0. The third-order valence-electron chi connectivity index (χ3n) is 3.05. The molecule has 3 nitrogen and oxygen atoms in total. The summed E-state index contributed by atoms with van der Waals surface area (Å²) in [4.78, 5) is 0.852. The van der Waals surface area contributed by atoms with Crippen molar-refractivity contribution in [2.45, 2.75) is 32.2 Å². The molecule has 0 saturated heterocycles. The summed E-state index contributed by atoms with van der Waals surface area (Å²) in [5, 5.41) is 7.22. The molecule has 108 valence electrons. The molecule has 0 fully saturated rings. The summed E-state index contributed by atoms with van der Waals surface area (Å²) < 4.78 is 31.0. The molecule has 2 rings (SSSR count). The Balaban J connectivity index is 2.51. The van der Waals surface area contributed by atoms with Gasteiger partial charge in [-0.05, 0) is 24.6 Å². The Labute approximate surface area is 121 Å². The monoisotopic (exact) mass is 297 g/mol. The second-order valence-electron chi connectivity index (χ2n) is 5.62. The molecule has 0 aliphatic carbocycles. The number of rotatable bonds is 3. The van der Waals surface area contributed by atoms with Gasteiger partial charge in [-0.25, -0.2) is 8.78 Å². The molecular formula is C14H17F2N3S. The Hall–Kier alpha value is -1.40. The summed E-state index contributed by atoms with van der Waals surface area (Å²) in [6.07, 6.45) is 0. The van der Waals surface area contributed by atoms with E-state index in [1.165, 1.54) is 23.7 Å². The van der Waals surface area contributed by atoms with E-state index < -0.39 is 11.6 Å². The number of hydrogen-bond donors (Lipinski definition) is 1. The van der Waals surface area contributed by atoms with Crippen molar-refractivity contribution in [1.29, 1.82) is 0 Å². The Morgan fingerprint density at radius 2 is 1.95 bits per heavy atom. The van der Waals surface area contributed by atoms with E-state index in [2.05, 4.69) is 14.9 Å². The van der Waals surface area contributed by atoms with Crippen LogP contribution in [0.4, 0.5) is 8.78 Å². The minimum Gasteiger partial charge on any atom is -0.308 e. The van der Waals surface area contributed by atoms with E-state index in [1.807, 2.05) is 20.8 Å². The summed E-state index contributed by atoms with van der Waals surface area (Å²) in [7, 11) is 1.74.